The smallest absolute Gasteiger partial charge is 0.234 e. The van der Waals surface area contributed by atoms with E-state index < -0.39 is 0 Å². The number of nitrogens with zero attached hydrogens (tertiary/aromatic N) is 4. The summed E-state index contributed by atoms with van der Waals surface area (Å²) >= 11 is 1.26. The molecule has 0 bridgehead atoms. The Balaban J connectivity index is 1.53. The molecule has 3 rings (SSSR count). The number of carbonyl (C=O) groups is 1. The van der Waals surface area contributed by atoms with Gasteiger partial charge in [0, 0.05) is 7.05 Å². The van der Waals surface area contributed by atoms with Gasteiger partial charge in [-0.3, -0.25) is 4.79 Å². The molecule has 0 aliphatic carbocycles. The highest BCUT2D eigenvalue weighted by molar-refractivity contribution is 7.99. The van der Waals surface area contributed by atoms with E-state index >= 15 is 0 Å². The van der Waals surface area contributed by atoms with Gasteiger partial charge in [0.05, 0.1) is 24.1 Å². The fourth-order valence-corrected chi connectivity index (χ4v) is 3.15. The average Bonchev–Trinajstić information content (AvgIpc) is 3.11. The fourth-order valence-electron chi connectivity index (χ4n) is 2.42. The summed E-state index contributed by atoms with van der Waals surface area (Å²) in [7, 11) is 3.43. The molecule has 0 saturated heterocycles. The minimum atomic E-state index is -0.225. The SMILES string of the molecule is COc1ccc(OCc2nnc(SCC(=O)Nc3ccccc3C#N)n2C)cc1. The lowest BCUT2D eigenvalue weighted by Gasteiger charge is -2.08. The summed E-state index contributed by atoms with van der Waals surface area (Å²) in [6, 6.07) is 16.2. The van der Waals surface area contributed by atoms with Crippen LogP contribution < -0.4 is 14.8 Å². The number of para-hydroxylation sites is 1. The van der Waals surface area contributed by atoms with Crippen molar-refractivity contribution in [3.8, 4) is 17.6 Å². The molecular formula is C20H19N5O3S. The van der Waals surface area contributed by atoms with Crippen molar-refractivity contribution in [3.05, 3.63) is 59.9 Å². The largest absolute Gasteiger partial charge is 0.497 e. The van der Waals surface area contributed by atoms with E-state index in [0.717, 1.165) is 5.75 Å². The first-order valence-electron chi connectivity index (χ1n) is 8.67. The van der Waals surface area contributed by atoms with Gasteiger partial charge in [-0.25, -0.2) is 0 Å². The number of methoxy groups -OCH3 is 1. The van der Waals surface area contributed by atoms with Gasteiger partial charge < -0.3 is 19.4 Å². The van der Waals surface area contributed by atoms with Crippen molar-refractivity contribution in [1.82, 2.24) is 14.8 Å². The molecule has 8 nitrogen and oxygen atoms in total. The zero-order valence-electron chi connectivity index (χ0n) is 16.0. The molecular weight excluding hydrogens is 390 g/mol. The van der Waals surface area contributed by atoms with Crippen molar-refractivity contribution in [1.29, 1.82) is 5.26 Å². The number of rotatable bonds is 8. The van der Waals surface area contributed by atoms with E-state index in [1.165, 1.54) is 11.8 Å². The Hall–Kier alpha value is -3.51. The standard InChI is InChI=1S/C20H19N5O3S/c1-25-18(12-28-16-9-7-15(27-2)8-10-16)23-24-20(25)29-13-19(26)22-17-6-4-3-5-14(17)11-21/h3-10H,12-13H2,1-2H3,(H,22,26). The van der Waals surface area contributed by atoms with Crippen LogP contribution >= 0.6 is 11.8 Å². The van der Waals surface area contributed by atoms with Crippen LogP contribution in [0.5, 0.6) is 11.5 Å². The molecule has 1 amide bonds. The van der Waals surface area contributed by atoms with Gasteiger partial charge in [0.1, 0.15) is 24.2 Å². The molecule has 3 aromatic rings. The molecule has 0 saturated carbocycles. The van der Waals surface area contributed by atoms with Gasteiger partial charge in [-0.15, -0.1) is 10.2 Å². The minimum Gasteiger partial charge on any atom is -0.497 e. The summed E-state index contributed by atoms with van der Waals surface area (Å²) in [5.74, 6) is 2.00. The Morgan fingerprint density at radius 3 is 2.62 bits per heavy atom. The maximum Gasteiger partial charge on any atom is 0.234 e. The second-order valence-corrected chi connectivity index (χ2v) is 6.86. The molecule has 1 aromatic heterocycles. The summed E-state index contributed by atoms with van der Waals surface area (Å²) in [5.41, 5.74) is 0.912. The Morgan fingerprint density at radius 1 is 1.17 bits per heavy atom. The lowest BCUT2D eigenvalue weighted by atomic mass is 10.2. The van der Waals surface area contributed by atoms with Crippen LogP contribution in [-0.4, -0.2) is 33.5 Å². The Labute approximate surface area is 172 Å². The molecule has 0 atom stereocenters. The van der Waals surface area contributed by atoms with Gasteiger partial charge in [-0.1, -0.05) is 23.9 Å². The minimum absolute atomic E-state index is 0.144. The summed E-state index contributed by atoms with van der Waals surface area (Å²) in [6.07, 6.45) is 0. The van der Waals surface area contributed by atoms with E-state index in [9.17, 15) is 4.79 Å². The van der Waals surface area contributed by atoms with Crippen molar-refractivity contribution < 1.29 is 14.3 Å². The van der Waals surface area contributed by atoms with E-state index in [0.29, 0.717) is 28.0 Å². The van der Waals surface area contributed by atoms with Crippen LogP contribution in [0.2, 0.25) is 0 Å². The van der Waals surface area contributed by atoms with Crippen molar-refractivity contribution in [3.63, 3.8) is 0 Å². The Kier molecular flexibility index (Phi) is 6.71. The first-order chi connectivity index (χ1) is 14.1. The summed E-state index contributed by atoms with van der Waals surface area (Å²) in [4.78, 5) is 12.2. The van der Waals surface area contributed by atoms with Crippen LogP contribution in [-0.2, 0) is 18.4 Å². The number of ether oxygens (including phenoxy) is 2. The third-order valence-corrected chi connectivity index (χ3v) is 5.03. The van der Waals surface area contributed by atoms with Crippen LogP contribution in [0, 0.1) is 11.3 Å². The molecule has 9 heteroatoms. The lowest BCUT2D eigenvalue weighted by Crippen LogP contribution is -2.15. The van der Waals surface area contributed by atoms with Crippen LogP contribution in [0.3, 0.4) is 0 Å². The average molecular weight is 409 g/mol. The molecule has 0 unspecified atom stereocenters. The van der Waals surface area contributed by atoms with Crippen LogP contribution in [0.4, 0.5) is 5.69 Å². The Morgan fingerprint density at radius 2 is 1.90 bits per heavy atom. The first kappa shape index (κ1) is 20.2. The number of hydrogen-bond donors (Lipinski definition) is 1. The number of anilines is 1. The van der Waals surface area contributed by atoms with Crippen LogP contribution in [0.15, 0.2) is 53.7 Å². The maximum atomic E-state index is 12.2. The number of hydrogen-bond acceptors (Lipinski definition) is 7. The molecule has 0 fully saturated rings. The second kappa shape index (κ2) is 9.61. The molecule has 29 heavy (non-hydrogen) atoms. The summed E-state index contributed by atoms with van der Waals surface area (Å²) < 4.78 is 12.6. The van der Waals surface area contributed by atoms with Crippen molar-refractivity contribution >= 4 is 23.4 Å². The van der Waals surface area contributed by atoms with Crippen LogP contribution in [0.1, 0.15) is 11.4 Å². The predicted octanol–water partition coefficient (Wildman–Crippen LogP) is 3.01. The number of amides is 1. The van der Waals surface area contributed by atoms with Gasteiger partial charge in [-0.2, -0.15) is 5.26 Å². The number of benzene rings is 2. The molecule has 1 N–H and O–H groups in total. The molecule has 2 aromatic carbocycles. The lowest BCUT2D eigenvalue weighted by molar-refractivity contribution is -0.113. The van der Waals surface area contributed by atoms with Crippen molar-refractivity contribution in [2.45, 2.75) is 11.8 Å². The number of nitrogens with one attached hydrogen (secondary N) is 1. The summed E-state index contributed by atoms with van der Waals surface area (Å²) in [6.45, 7) is 0.248. The maximum absolute atomic E-state index is 12.2. The molecule has 0 radical (unpaired) electrons. The fraction of sp³-hybridized carbons (Fsp3) is 0.200. The van der Waals surface area contributed by atoms with E-state index in [1.54, 1.807) is 35.9 Å². The third kappa shape index (κ3) is 5.27. The number of aromatic nitrogens is 3. The highest BCUT2D eigenvalue weighted by atomic mass is 32.2. The number of thioether (sulfide) groups is 1. The third-order valence-electron chi connectivity index (χ3n) is 4.01. The quantitative estimate of drug-likeness (QED) is 0.571. The van der Waals surface area contributed by atoms with Gasteiger partial charge in [0.2, 0.25) is 5.91 Å². The topological polar surface area (TPSA) is 102 Å². The molecule has 1 heterocycles. The number of nitriles is 1. The van der Waals surface area contributed by atoms with Crippen molar-refractivity contribution in [2.24, 2.45) is 7.05 Å². The first-order valence-corrected chi connectivity index (χ1v) is 9.66. The van der Waals surface area contributed by atoms with Crippen LogP contribution in [0.25, 0.3) is 0 Å². The van der Waals surface area contributed by atoms with Crippen molar-refractivity contribution in [2.75, 3.05) is 18.2 Å². The molecule has 0 aliphatic heterocycles. The van der Waals surface area contributed by atoms with E-state index in [-0.39, 0.29) is 18.3 Å². The normalized spacial score (nSPS) is 10.2. The van der Waals surface area contributed by atoms with E-state index in [1.807, 2.05) is 31.3 Å². The zero-order chi connectivity index (χ0) is 20.6. The number of carbonyl (C=O) groups excluding carboxylic acids is 1. The second-order valence-electron chi connectivity index (χ2n) is 5.92. The molecule has 0 spiro atoms. The zero-order valence-corrected chi connectivity index (χ0v) is 16.8. The molecule has 0 aliphatic rings. The van der Waals surface area contributed by atoms with Gasteiger partial charge in [-0.05, 0) is 36.4 Å². The summed E-state index contributed by atoms with van der Waals surface area (Å²) in [5, 5.41) is 20.7. The van der Waals surface area contributed by atoms with Gasteiger partial charge >= 0.3 is 0 Å². The van der Waals surface area contributed by atoms with Gasteiger partial charge in [0.15, 0.2) is 11.0 Å². The Bertz CT molecular complexity index is 1030. The van der Waals surface area contributed by atoms with E-state index in [2.05, 4.69) is 21.6 Å². The molecule has 148 valence electrons. The van der Waals surface area contributed by atoms with Gasteiger partial charge in [0.25, 0.3) is 0 Å². The monoisotopic (exact) mass is 409 g/mol. The van der Waals surface area contributed by atoms with E-state index in [4.69, 9.17) is 14.7 Å². The predicted molar refractivity (Wildman–Crippen MR) is 109 cm³/mol. The highest BCUT2D eigenvalue weighted by Gasteiger charge is 2.13. The highest BCUT2D eigenvalue weighted by Crippen LogP contribution is 2.20.